The van der Waals surface area contributed by atoms with E-state index in [9.17, 15) is 9.59 Å². The SMILES string of the molecule is Cc1cccc(Cc2cnc(NC(=O)CCNC(=O)c3ccco3)s2)c1. The third kappa shape index (κ3) is 5.03. The lowest BCUT2D eigenvalue weighted by molar-refractivity contribution is -0.116. The number of hydrogen-bond donors (Lipinski definition) is 2. The molecule has 0 atom stereocenters. The van der Waals surface area contributed by atoms with E-state index in [-0.39, 0.29) is 30.5 Å². The van der Waals surface area contributed by atoms with Crippen molar-refractivity contribution in [1.82, 2.24) is 10.3 Å². The number of benzene rings is 1. The van der Waals surface area contributed by atoms with E-state index in [0.717, 1.165) is 11.3 Å². The lowest BCUT2D eigenvalue weighted by Crippen LogP contribution is -2.27. The van der Waals surface area contributed by atoms with Crippen LogP contribution < -0.4 is 10.6 Å². The Bertz CT molecular complexity index is 887. The van der Waals surface area contributed by atoms with Crippen LogP contribution in [0, 0.1) is 6.92 Å². The summed E-state index contributed by atoms with van der Waals surface area (Å²) in [5, 5.41) is 5.96. The van der Waals surface area contributed by atoms with Crippen molar-refractivity contribution in [3.8, 4) is 0 Å². The molecule has 2 N–H and O–H groups in total. The highest BCUT2D eigenvalue weighted by molar-refractivity contribution is 7.15. The van der Waals surface area contributed by atoms with Gasteiger partial charge in [-0.3, -0.25) is 9.59 Å². The maximum absolute atomic E-state index is 12.0. The number of aryl methyl sites for hydroxylation is 1. The molecule has 0 aliphatic rings. The number of nitrogens with one attached hydrogen (secondary N) is 2. The van der Waals surface area contributed by atoms with Gasteiger partial charge >= 0.3 is 0 Å². The second-order valence-corrected chi connectivity index (χ2v) is 6.94. The number of nitrogens with zero attached hydrogens (tertiary/aromatic N) is 1. The Hall–Kier alpha value is -2.93. The molecule has 1 aromatic carbocycles. The van der Waals surface area contributed by atoms with Gasteiger partial charge in [0.2, 0.25) is 5.91 Å². The molecule has 6 nitrogen and oxygen atoms in total. The van der Waals surface area contributed by atoms with Crippen LogP contribution in [-0.4, -0.2) is 23.3 Å². The van der Waals surface area contributed by atoms with E-state index in [2.05, 4.69) is 40.7 Å². The van der Waals surface area contributed by atoms with Gasteiger partial charge in [0.25, 0.3) is 5.91 Å². The van der Waals surface area contributed by atoms with Crippen molar-refractivity contribution in [2.75, 3.05) is 11.9 Å². The molecule has 134 valence electrons. The Morgan fingerprint density at radius 3 is 2.88 bits per heavy atom. The summed E-state index contributed by atoms with van der Waals surface area (Å²) in [6.07, 6.45) is 4.16. The molecule has 0 fully saturated rings. The topological polar surface area (TPSA) is 84.2 Å². The van der Waals surface area contributed by atoms with Crippen molar-refractivity contribution in [2.45, 2.75) is 19.8 Å². The van der Waals surface area contributed by atoms with Gasteiger partial charge in [-0.05, 0) is 24.6 Å². The first-order valence-corrected chi connectivity index (χ1v) is 9.03. The summed E-state index contributed by atoms with van der Waals surface area (Å²) in [4.78, 5) is 29.0. The molecule has 0 radical (unpaired) electrons. The van der Waals surface area contributed by atoms with Gasteiger partial charge in [0.05, 0.1) is 6.26 Å². The number of amides is 2. The van der Waals surface area contributed by atoms with Crippen LogP contribution in [0.1, 0.15) is 33.0 Å². The third-order valence-electron chi connectivity index (χ3n) is 3.64. The van der Waals surface area contributed by atoms with E-state index in [1.807, 2.05) is 6.07 Å². The largest absolute Gasteiger partial charge is 0.459 e. The predicted octanol–water partition coefficient (Wildman–Crippen LogP) is 3.39. The quantitative estimate of drug-likeness (QED) is 0.669. The van der Waals surface area contributed by atoms with E-state index in [0.29, 0.717) is 5.13 Å². The Kier molecular flexibility index (Phi) is 5.80. The van der Waals surface area contributed by atoms with Crippen molar-refractivity contribution in [1.29, 1.82) is 0 Å². The van der Waals surface area contributed by atoms with Gasteiger partial charge in [-0.2, -0.15) is 0 Å². The van der Waals surface area contributed by atoms with Gasteiger partial charge in [-0.15, -0.1) is 11.3 Å². The minimum Gasteiger partial charge on any atom is -0.459 e. The molecule has 3 aromatic rings. The van der Waals surface area contributed by atoms with Crippen molar-refractivity contribution in [2.24, 2.45) is 0 Å². The van der Waals surface area contributed by atoms with E-state index in [1.54, 1.807) is 18.3 Å². The number of furan rings is 1. The maximum Gasteiger partial charge on any atom is 0.286 e. The number of hydrogen-bond acceptors (Lipinski definition) is 5. The number of rotatable bonds is 7. The van der Waals surface area contributed by atoms with E-state index in [1.165, 1.54) is 28.7 Å². The number of thiazole rings is 1. The molecule has 0 unspecified atom stereocenters. The molecule has 0 bridgehead atoms. The zero-order chi connectivity index (χ0) is 18.4. The summed E-state index contributed by atoms with van der Waals surface area (Å²) in [6, 6.07) is 11.5. The van der Waals surface area contributed by atoms with Crippen molar-refractivity contribution in [3.05, 3.63) is 70.6 Å². The van der Waals surface area contributed by atoms with E-state index >= 15 is 0 Å². The summed E-state index contributed by atoms with van der Waals surface area (Å²) < 4.78 is 4.99. The minimum absolute atomic E-state index is 0.166. The molecule has 2 aromatic heterocycles. The molecule has 0 aliphatic carbocycles. The fraction of sp³-hybridized carbons (Fsp3) is 0.211. The number of anilines is 1. The summed E-state index contributed by atoms with van der Waals surface area (Å²) in [5.74, 6) is -0.301. The van der Waals surface area contributed by atoms with Gasteiger partial charge < -0.3 is 15.1 Å². The molecule has 2 amide bonds. The monoisotopic (exact) mass is 369 g/mol. The van der Waals surface area contributed by atoms with E-state index in [4.69, 9.17) is 4.42 Å². The van der Waals surface area contributed by atoms with Gasteiger partial charge in [0.1, 0.15) is 0 Å². The average Bonchev–Trinajstić information content (AvgIpc) is 3.27. The molecule has 0 saturated carbocycles. The molecular formula is C19H19N3O3S. The molecular weight excluding hydrogens is 350 g/mol. The second kappa shape index (κ2) is 8.44. The van der Waals surface area contributed by atoms with Crippen molar-refractivity contribution < 1.29 is 14.0 Å². The first-order chi connectivity index (χ1) is 12.6. The Labute approximate surface area is 155 Å². The maximum atomic E-state index is 12.0. The Morgan fingerprint density at radius 1 is 1.23 bits per heavy atom. The van der Waals surface area contributed by atoms with Crippen LogP contribution in [0.4, 0.5) is 5.13 Å². The van der Waals surface area contributed by atoms with Gasteiger partial charge in [0.15, 0.2) is 10.9 Å². The fourth-order valence-electron chi connectivity index (χ4n) is 2.44. The van der Waals surface area contributed by atoms with Crippen molar-refractivity contribution in [3.63, 3.8) is 0 Å². The van der Waals surface area contributed by atoms with Crippen LogP contribution in [0.25, 0.3) is 0 Å². The number of carbonyl (C=O) groups excluding carboxylic acids is 2. The first-order valence-electron chi connectivity index (χ1n) is 8.22. The zero-order valence-corrected chi connectivity index (χ0v) is 15.1. The Morgan fingerprint density at radius 2 is 2.12 bits per heavy atom. The van der Waals surface area contributed by atoms with Crippen LogP contribution >= 0.6 is 11.3 Å². The van der Waals surface area contributed by atoms with Gasteiger partial charge in [-0.25, -0.2) is 4.98 Å². The van der Waals surface area contributed by atoms with E-state index < -0.39 is 0 Å². The molecule has 0 aliphatic heterocycles. The van der Waals surface area contributed by atoms with Crippen LogP contribution in [0.3, 0.4) is 0 Å². The smallest absolute Gasteiger partial charge is 0.286 e. The van der Waals surface area contributed by atoms with Crippen LogP contribution in [0.15, 0.2) is 53.3 Å². The standard InChI is InChI=1S/C19H19N3O3S/c1-13-4-2-5-14(10-13)11-15-12-21-19(26-15)22-17(23)7-8-20-18(24)16-6-3-9-25-16/h2-6,9-10,12H,7-8,11H2,1H3,(H,20,24)(H,21,22,23). The molecule has 7 heteroatoms. The van der Waals surface area contributed by atoms with Crippen LogP contribution in [0.5, 0.6) is 0 Å². The molecule has 0 saturated heterocycles. The van der Waals surface area contributed by atoms with Crippen molar-refractivity contribution >= 4 is 28.3 Å². The minimum atomic E-state index is -0.336. The molecule has 2 heterocycles. The number of aromatic nitrogens is 1. The highest BCUT2D eigenvalue weighted by Crippen LogP contribution is 2.21. The highest BCUT2D eigenvalue weighted by atomic mass is 32.1. The lowest BCUT2D eigenvalue weighted by Gasteiger charge is -2.03. The number of carbonyl (C=O) groups is 2. The first kappa shape index (κ1) is 17.9. The average molecular weight is 369 g/mol. The van der Waals surface area contributed by atoms with Crippen LogP contribution in [0.2, 0.25) is 0 Å². The molecule has 0 spiro atoms. The van der Waals surface area contributed by atoms with Crippen LogP contribution in [-0.2, 0) is 11.2 Å². The molecule has 3 rings (SSSR count). The second-order valence-electron chi connectivity index (χ2n) is 5.83. The summed E-state index contributed by atoms with van der Waals surface area (Å²) in [6.45, 7) is 2.29. The lowest BCUT2D eigenvalue weighted by atomic mass is 10.1. The summed E-state index contributed by atoms with van der Waals surface area (Å²) in [5.41, 5.74) is 2.43. The summed E-state index contributed by atoms with van der Waals surface area (Å²) >= 11 is 1.45. The summed E-state index contributed by atoms with van der Waals surface area (Å²) in [7, 11) is 0. The predicted molar refractivity (Wildman–Crippen MR) is 100 cm³/mol. The van der Waals surface area contributed by atoms with Gasteiger partial charge in [0, 0.05) is 30.5 Å². The third-order valence-corrected chi connectivity index (χ3v) is 4.56. The normalized spacial score (nSPS) is 10.5. The zero-order valence-electron chi connectivity index (χ0n) is 14.3. The fourth-order valence-corrected chi connectivity index (χ4v) is 3.30. The molecule has 26 heavy (non-hydrogen) atoms. The highest BCUT2D eigenvalue weighted by Gasteiger charge is 2.10. The Balaban J connectivity index is 1.44. The van der Waals surface area contributed by atoms with Gasteiger partial charge in [-0.1, -0.05) is 29.8 Å².